The molecule has 2 aromatic carbocycles. The SMILES string of the molecule is CC(C)COc1ccc(CN2C(=O)CC3(CCNCC3)N2Cc2ccc(F)cc2)cc1. The number of benzene rings is 2. The Hall–Kier alpha value is -2.44. The summed E-state index contributed by atoms with van der Waals surface area (Å²) in [5.74, 6) is 1.24. The van der Waals surface area contributed by atoms with Crippen molar-refractivity contribution in [1.82, 2.24) is 15.3 Å². The van der Waals surface area contributed by atoms with E-state index in [4.69, 9.17) is 4.74 Å². The Kier molecular flexibility index (Phi) is 6.58. The van der Waals surface area contributed by atoms with Crippen molar-refractivity contribution >= 4 is 5.91 Å². The van der Waals surface area contributed by atoms with E-state index in [0.29, 0.717) is 32.0 Å². The molecule has 1 spiro atoms. The van der Waals surface area contributed by atoms with Crippen molar-refractivity contribution in [3.8, 4) is 5.75 Å². The molecule has 2 aromatic rings. The number of nitrogens with zero attached hydrogens (tertiary/aromatic N) is 2. The normalized spacial score (nSPS) is 18.8. The lowest BCUT2D eigenvalue weighted by Crippen LogP contribution is -2.54. The fourth-order valence-corrected chi connectivity index (χ4v) is 4.50. The highest BCUT2D eigenvalue weighted by Gasteiger charge is 2.50. The molecule has 0 unspecified atom stereocenters. The summed E-state index contributed by atoms with van der Waals surface area (Å²) in [7, 11) is 0. The molecule has 2 aliphatic rings. The Morgan fingerprint density at radius 3 is 2.26 bits per heavy atom. The molecule has 4 rings (SSSR count). The Bertz CT molecular complexity index is 877. The van der Waals surface area contributed by atoms with Gasteiger partial charge in [-0.1, -0.05) is 38.1 Å². The lowest BCUT2D eigenvalue weighted by Gasteiger charge is -2.43. The van der Waals surface area contributed by atoms with Crippen LogP contribution in [-0.2, 0) is 17.9 Å². The molecule has 6 heteroatoms. The molecule has 0 radical (unpaired) electrons. The number of nitrogens with one attached hydrogen (secondary N) is 1. The zero-order valence-corrected chi connectivity index (χ0v) is 18.4. The number of carbonyl (C=O) groups is 1. The Morgan fingerprint density at radius 1 is 1.00 bits per heavy atom. The number of hydrogen-bond acceptors (Lipinski definition) is 4. The monoisotopic (exact) mass is 425 g/mol. The van der Waals surface area contributed by atoms with Crippen LogP contribution in [0.4, 0.5) is 4.39 Å². The molecule has 0 aliphatic carbocycles. The highest BCUT2D eigenvalue weighted by Crippen LogP contribution is 2.39. The molecular weight excluding hydrogens is 393 g/mol. The summed E-state index contributed by atoms with van der Waals surface area (Å²) in [6, 6.07) is 14.6. The van der Waals surface area contributed by atoms with Crippen LogP contribution in [0, 0.1) is 11.7 Å². The molecule has 0 atom stereocenters. The number of hydrogen-bond donors (Lipinski definition) is 1. The fourth-order valence-electron chi connectivity index (χ4n) is 4.50. The molecule has 2 heterocycles. The van der Waals surface area contributed by atoms with Gasteiger partial charge in [-0.2, -0.15) is 0 Å². The minimum atomic E-state index is -0.241. The van der Waals surface area contributed by atoms with Crippen LogP contribution in [0.25, 0.3) is 0 Å². The van der Waals surface area contributed by atoms with Crippen molar-refractivity contribution in [3.05, 3.63) is 65.5 Å². The number of hydrazine groups is 1. The molecule has 1 N–H and O–H groups in total. The summed E-state index contributed by atoms with van der Waals surface area (Å²) in [4.78, 5) is 13.1. The van der Waals surface area contributed by atoms with Crippen molar-refractivity contribution in [1.29, 1.82) is 0 Å². The van der Waals surface area contributed by atoms with Crippen LogP contribution in [0.15, 0.2) is 48.5 Å². The van der Waals surface area contributed by atoms with E-state index in [2.05, 4.69) is 24.2 Å². The molecule has 0 saturated carbocycles. The molecule has 166 valence electrons. The third-order valence-corrected chi connectivity index (χ3v) is 6.23. The number of amides is 1. The second kappa shape index (κ2) is 9.37. The van der Waals surface area contributed by atoms with Crippen LogP contribution in [-0.4, -0.2) is 41.2 Å². The van der Waals surface area contributed by atoms with Crippen molar-refractivity contribution in [2.75, 3.05) is 19.7 Å². The average Bonchev–Trinajstić information content (AvgIpc) is 3.00. The maximum absolute atomic E-state index is 13.4. The Morgan fingerprint density at radius 2 is 1.61 bits per heavy atom. The second-order valence-corrected chi connectivity index (χ2v) is 9.14. The summed E-state index contributed by atoms with van der Waals surface area (Å²) >= 11 is 0. The van der Waals surface area contributed by atoms with Gasteiger partial charge in [0.2, 0.25) is 5.91 Å². The predicted octanol–water partition coefficient (Wildman–Crippen LogP) is 4.13. The average molecular weight is 426 g/mol. The third kappa shape index (κ3) is 5.08. The van der Waals surface area contributed by atoms with Gasteiger partial charge in [0.25, 0.3) is 0 Å². The summed E-state index contributed by atoms with van der Waals surface area (Å²) < 4.78 is 19.2. The summed E-state index contributed by atoms with van der Waals surface area (Å²) in [6.07, 6.45) is 2.39. The maximum Gasteiger partial charge on any atom is 0.239 e. The molecule has 2 aliphatic heterocycles. The number of carbonyl (C=O) groups excluding carboxylic acids is 1. The lowest BCUT2D eigenvalue weighted by atomic mass is 9.85. The van der Waals surface area contributed by atoms with Crippen LogP contribution in [0.2, 0.25) is 0 Å². The van der Waals surface area contributed by atoms with E-state index in [1.807, 2.05) is 41.4 Å². The van der Waals surface area contributed by atoms with E-state index < -0.39 is 0 Å². The maximum atomic E-state index is 13.4. The number of piperidine rings is 1. The fraction of sp³-hybridized carbons (Fsp3) is 0.480. The van der Waals surface area contributed by atoms with E-state index in [1.54, 1.807) is 0 Å². The number of halogens is 1. The topological polar surface area (TPSA) is 44.8 Å². The first-order valence-corrected chi connectivity index (χ1v) is 11.2. The molecule has 0 aromatic heterocycles. The molecule has 5 nitrogen and oxygen atoms in total. The quantitative estimate of drug-likeness (QED) is 0.725. The first-order valence-electron chi connectivity index (χ1n) is 11.2. The van der Waals surface area contributed by atoms with Crippen LogP contribution < -0.4 is 10.1 Å². The van der Waals surface area contributed by atoms with Crippen molar-refractivity contribution in [2.45, 2.75) is 51.7 Å². The zero-order valence-electron chi connectivity index (χ0n) is 18.4. The molecule has 1 amide bonds. The van der Waals surface area contributed by atoms with E-state index in [0.717, 1.165) is 42.8 Å². The Labute approximate surface area is 184 Å². The highest BCUT2D eigenvalue weighted by molar-refractivity contribution is 5.79. The summed E-state index contributed by atoms with van der Waals surface area (Å²) in [5, 5.41) is 7.56. The van der Waals surface area contributed by atoms with Gasteiger partial charge in [-0.05, 0) is 67.2 Å². The third-order valence-electron chi connectivity index (χ3n) is 6.23. The van der Waals surface area contributed by atoms with E-state index in [1.165, 1.54) is 12.1 Å². The Balaban J connectivity index is 1.53. The molecule has 2 fully saturated rings. The molecule has 0 bridgehead atoms. The van der Waals surface area contributed by atoms with Crippen molar-refractivity contribution in [3.63, 3.8) is 0 Å². The van der Waals surface area contributed by atoms with E-state index in [-0.39, 0.29) is 17.3 Å². The second-order valence-electron chi connectivity index (χ2n) is 9.14. The van der Waals surface area contributed by atoms with Crippen LogP contribution in [0.3, 0.4) is 0 Å². The van der Waals surface area contributed by atoms with Gasteiger partial charge in [0.05, 0.1) is 18.7 Å². The van der Waals surface area contributed by atoms with Gasteiger partial charge in [0.1, 0.15) is 11.6 Å². The van der Waals surface area contributed by atoms with E-state index in [9.17, 15) is 9.18 Å². The minimum Gasteiger partial charge on any atom is -0.493 e. The van der Waals surface area contributed by atoms with Gasteiger partial charge in [-0.3, -0.25) is 9.80 Å². The van der Waals surface area contributed by atoms with Gasteiger partial charge in [0, 0.05) is 13.0 Å². The number of ether oxygens (including phenoxy) is 1. The zero-order chi connectivity index (χ0) is 21.8. The molecular formula is C25H32FN3O2. The first-order chi connectivity index (χ1) is 14.9. The van der Waals surface area contributed by atoms with Gasteiger partial charge >= 0.3 is 0 Å². The molecule has 31 heavy (non-hydrogen) atoms. The van der Waals surface area contributed by atoms with Crippen molar-refractivity contribution in [2.24, 2.45) is 5.92 Å². The first kappa shape index (κ1) is 21.8. The van der Waals surface area contributed by atoms with Crippen LogP contribution >= 0.6 is 0 Å². The van der Waals surface area contributed by atoms with Crippen LogP contribution in [0.1, 0.15) is 44.2 Å². The molecule has 2 saturated heterocycles. The predicted molar refractivity (Wildman–Crippen MR) is 119 cm³/mol. The van der Waals surface area contributed by atoms with Gasteiger partial charge in [0.15, 0.2) is 0 Å². The van der Waals surface area contributed by atoms with Gasteiger partial charge < -0.3 is 10.1 Å². The smallest absolute Gasteiger partial charge is 0.239 e. The summed E-state index contributed by atoms with van der Waals surface area (Å²) in [6.45, 7) is 7.87. The lowest BCUT2D eigenvalue weighted by molar-refractivity contribution is -0.145. The van der Waals surface area contributed by atoms with Crippen LogP contribution in [0.5, 0.6) is 5.75 Å². The standard InChI is InChI=1S/C25H32FN3O2/c1-19(2)18-31-23-9-5-20(6-10-23)16-28-24(30)15-25(11-13-27-14-12-25)29(28)17-21-3-7-22(26)8-4-21/h3-10,19,27H,11-18H2,1-2H3. The largest absolute Gasteiger partial charge is 0.493 e. The minimum absolute atomic E-state index is 0.157. The van der Waals surface area contributed by atoms with Gasteiger partial charge in [-0.25, -0.2) is 9.40 Å². The van der Waals surface area contributed by atoms with E-state index >= 15 is 0 Å². The van der Waals surface area contributed by atoms with Gasteiger partial charge in [-0.15, -0.1) is 0 Å². The van der Waals surface area contributed by atoms with Crippen molar-refractivity contribution < 1.29 is 13.9 Å². The highest BCUT2D eigenvalue weighted by atomic mass is 19.1. The summed E-state index contributed by atoms with van der Waals surface area (Å²) in [5.41, 5.74) is 1.91. The number of rotatable bonds is 7.